The Kier molecular flexibility index (Phi) is 8.01. The van der Waals surface area contributed by atoms with E-state index in [2.05, 4.69) is 43.3 Å². The summed E-state index contributed by atoms with van der Waals surface area (Å²) in [4.78, 5) is 22.6. The van der Waals surface area contributed by atoms with Crippen molar-refractivity contribution in [2.24, 2.45) is 0 Å². The van der Waals surface area contributed by atoms with E-state index in [1.54, 1.807) is 48.5 Å². The van der Waals surface area contributed by atoms with Gasteiger partial charge in [-0.1, -0.05) is 54.6 Å². The zero-order valence-corrected chi connectivity index (χ0v) is 23.0. The van der Waals surface area contributed by atoms with Crippen LogP contribution in [0.5, 0.6) is 23.0 Å². The Balaban J connectivity index is 1.41. The van der Waals surface area contributed by atoms with Crippen LogP contribution < -0.4 is 9.47 Å². The van der Waals surface area contributed by atoms with Gasteiger partial charge in [0.2, 0.25) is 0 Å². The SMILES string of the molecule is CC(c1ccccc1)(c1ccc(Oc2ccc(C(=O)Cl)cc2)cc1)c1ccc(Oc2ccc(C(=O)Cl)cc2)cc1. The highest BCUT2D eigenvalue weighted by Gasteiger charge is 2.31. The molecule has 0 radical (unpaired) electrons. The molecule has 0 heterocycles. The Morgan fingerprint density at radius 2 is 0.775 bits per heavy atom. The molecule has 0 N–H and O–H groups in total. The molecule has 0 unspecified atom stereocenters. The van der Waals surface area contributed by atoms with E-state index in [1.807, 2.05) is 42.5 Å². The minimum atomic E-state index is -0.505. The Hall–Kier alpha value is -4.38. The molecule has 0 bridgehead atoms. The Morgan fingerprint density at radius 3 is 1.10 bits per heavy atom. The first kappa shape index (κ1) is 27.2. The van der Waals surface area contributed by atoms with Gasteiger partial charge in [0.15, 0.2) is 0 Å². The summed E-state index contributed by atoms with van der Waals surface area (Å²) in [5, 5.41) is -1.01. The first-order valence-electron chi connectivity index (χ1n) is 12.5. The number of halogens is 2. The van der Waals surface area contributed by atoms with Crippen molar-refractivity contribution in [3.8, 4) is 23.0 Å². The molecule has 0 aliphatic carbocycles. The van der Waals surface area contributed by atoms with Gasteiger partial charge in [0.05, 0.1) is 0 Å². The van der Waals surface area contributed by atoms with Crippen LogP contribution in [-0.4, -0.2) is 10.5 Å². The lowest BCUT2D eigenvalue weighted by atomic mass is 9.71. The van der Waals surface area contributed by atoms with Crippen molar-refractivity contribution < 1.29 is 19.1 Å². The standard InChI is InChI=1S/C34H24Cl2O4/c1-34(25-5-3-2-4-6-25,26-11-19-30(20-12-26)39-28-15-7-23(8-16-28)32(35)37)27-13-21-31(22-14-27)40-29-17-9-24(10-18-29)33(36)38/h2-22H,1H3. The first-order chi connectivity index (χ1) is 19.3. The number of carbonyl (C=O) groups excluding carboxylic acids is 2. The fraction of sp³-hybridized carbons (Fsp3) is 0.0588. The molecule has 5 aromatic rings. The number of hydrogen-bond acceptors (Lipinski definition) is 4. The second-order valence-electron chi connectivity index (χ2n) is 9.34. The van der Waals surface area contributed by atoms with E-state index < -0.39 is 15.9 Å². The molecule has 0 aliphatic heterocycles. The monoisotopic (exact) mass is 566 g/mol. The summed E-state index contributed by atoms with van der Waals surface area (Å²) in [7, 11) is 0. The molecule has 0 aromatic heterocycles. The zero-order valence-electron chi connectivity index (χ0n) is 21.5. The molecule has 0 amide bonds. The van der Waals surface area contributed by atoms with Gasteiger partial charge in [-0.2, -0.15) is 0 Å². The Labute approximate surface area is 242 Å². The maximum Gasteiger partial charge on any atom is 0.252 e. The summed E-state index contributed by atoms with van der Waals surface area (Å²) in [6.45, 7) is 2.19. The van der Waals surface area contributed by atoms with Crippen LogP contribution in [-0.2, 0) is 5.41 Å². The lowest BCUT2D eigenvalue weighted by Crippen LogP contribution is -2.25. The average molecular weight is 567 g/mol. The molecule has 198 valence electrons. The minimum absolute atomic E-state index is 0.417. The van der Waals surface area contributed by atoms with Gasteiger partial charge >= 0.3 is 0 Å². The summed E-state index contributed by atoms with van der Waals surface area (Å²) < 4.78 is 12.0. The lowest BCUT2D eigenvalue weighted by molar-refractivity contribution is 0.107. The van der Waals surface area contributed by atoms with Crippen molar-refractivity contribution in [2.75, 3.05) is 0 Å². The van der Waals surface area contributed by atoms with Gasteiger partial charge in [-0.25, -0.2) is 0 Å². The maximum absolute atomic E-state index is 11.3. The molecule has 0 saturated heterocycles. The van der Waals surface area contributed by atoms with Gasteiger partial charge < -0.3 is 9.47 Å². The van der Waals surface area contributed by atoms with Crippen molar-refractivity contribution in [1.82, 2.24) is 0 Å². The van der Waals surface area contributed by atoms with Crippen LogP contribution in [0.2, 0.25) is 0 Å². The quantitative estimate of drug-likeness (QED) is 0.132. The highest BCUT2D eigenvalue weighted by Crippen LogP contribution is 2.40. The summed E-state index contributed by atoms with van der Waals surface area (Å²) in [5.74, 6) is 2.57. The minimum Gasteiger partial charge on any atom is -0.457 e. The number of carbonyl (C=O) groups is 2. The second kappa shape index (κ2) is 11.8. The van der Waals surface area contributed by atoms with Crippen LogP contribution in [0.25, 0.3) is 0 Å². The van der Waals surface area contributed by atoms with Gasteiger partial charge in [-0.15, -0.1) is 0 Å². The van der Waals surface area contributed by atoms with Crippen LogP contribution in [0.3, 0.4) is 0 Å². The highest BCUT2D eigenvalue weighted by atomic mass is 35.5. The topological polar surface area (TPSA) is 52.6 Å². The van der Waals surface area contributed by atoms with E-state index in [0.717, 1.165) is 16.7 Å². The van der Waals surface area contributed by atoms with Crippen LogP contribution in [0.15, 0.2) is 127 Å². The molecule has 4 nitrogen and oxygen atoms in total. The van der Waals surface area contributed by atoms with Crippen molar-refractivity contribution >= 4 is 33.7 Å². The molecule has 0 atom stereocenters. The number of rotatable bonds is 9. The van der Waals surface area contributed by atoms with E-state index in [9.17, 15) is 9.59 Å². The van der Waals surface area contributed by atoms with E-state index >= 15 is 0 Å². The molecular formula is C34H24Cl2O4. The van der Waals surface area contributed by atoms with Crippen molar-refractivity contribution in [1.29, 1.82) is 0 Å². The van der Waals surface area contributed by atoms with Gasteiger partial charge in [0, 0.05) is 16.5 Å². The van der Waals surface area contributed by atoms with Crippen LogP contribution in [0.4, 0.5) is 0 Å². The van der Waals surface area contributed by atoms with E-state index in [4.69, 9.17) is 32.7 Å². The molecule has 0 saturated carbocycles. The summed E-state index contributed by atoms with van der Waals surface area (Å²) in [5.41, 5.74) is 3.69. The van der Waals surface area contributed by atoms with Gasteiger partial charge in [0.25, 0.3) is 10.5 Å². The molecule has 6 heteroatoms. The third kappa shape index (κ3) is 5.94. The summed E-state index contributed by atoms with van der Waals surface area (Å²) >= 11 is 11.1. The zero-order chi connectivity index (χ0) is 28.1. The number of ether oxygens (including phenoxy) is 2. The molecule has 0 fully saturated rings. The Bertz CT molecular complexity index is 1510. The number of hydrogen-bond donors (Lipinski definition) is 0. The fourth-order valence-electron chi connectivity index (χ4n) is 4.56. The molecule has 40 heavy (non-hydrogen) atoms. The van der Waals surface area contributed by atoms with Crippen LogP contribution in [0.1, 0.15) is 44.3 Å². The van der Waals surface area contributed by atoms with Crippen LogP contribution in [0, 0.1) is 0 Å². The molecule has 0 aliphatic rings. The molecular weight excluding hydrogens is 543 g/mol. The van der Waals surface area contributed by atoms with Gasteiger partial charge in [-0.05, 0) is 120 Å². The predicted octanol–water partition coefficient (Wildman–Crippen LogP) is 9.38. The average Bonchev–Trinajstić information content (AvgIpc) is 2.98. The summed E-state index contributed by atoms with van der Waals surface area (Å²) in [6, 6.07) is 39.7. The van der Waals surface area contributed by atoms with Crippen LogP contribution >= 0.6 is 23.2 Å². The predicted molar refractivity (Wildman–Crippen MR) is 158 cm³/mol. The van der Waals surface area contributed by atoms with Crippen molar-refractivity contribution in [3.63, 3.8) is 0 Å². The van der Waals surface area contributed by atoms with E-state index in [1.165, 1.54) is 0 Å². The maximum atomic E-state index is 11.3. The lowest BCUT2D eigenvalue weighted by Gasteiger charge is -2.32. The van der Waals surface area contributed by atoms with E-state index in [0.29, 0.717) is 34.1 Å². The second-order valence-corrected chi connectivity index (χ2v) is 10.0. The fourth-order valence-corrected chi connectivity index (χ4v) is 4.82. The smallest absolute Gasteiger partial charge is 0.252 e. The Morgan fingerprint density at radius 1 is 0.475 bits per heavy atom. The third-order valence-corrected chi connectivity index (χ3v) is 7.28. The molecule has 0 spiro atoms. The van der Waals surface area contributed by atoms with E-state index in [-0.39, 0.29) is 0 Å². The largest absolute Gasteiger partial charge is 0.457 e. The third-order valence-electron chi connectivity index (χ3n) is 6.85. The van der Waals surface area contributed by atoms with Gasteiger partial charge in [0.1, 0.15) is 23.0 Å². The first-order valence-corrected chi connectivity index (χ1v) is 13.3. The molecule has 5 rings (SSSR count). The highest BCUT2D eigenvalue weighted by molar-refractivity contribution is 6.68. The summed E-state index contributed by atoms with van der Waals surface area (Å²) in [6.07, 6.45) is 0. The molecule has 5 aromatic carbocycles. The van der Waals surface area contributed by atoms with Crippen molar-refractivity contribution in [2.45, 2.75) is 12.3 Å². The van der Waals surface area contributed by atoms with Crippen molar-refractivity contribution in [3.05, 3.63) is 155 Å². The normalized spacial score (nSPS) is 11.1. The number of benzene rings is 5. The van der Waals surface area contributed by atoms with Gasteiger partial charge in [-0.3, -0.25) is 9.59 Å².